The van der Waals surface area contributed by atoms with E-state index >= 15 is 0 Å². The van der Waals surface area contributed by atoms with Crippen molar-refractivity contribution < 1.29 is 23.7 Å². The molecule has 0 atom stereocenters. The Morgan fingerprint density at radius 1 is 0.794 bits per heavy atom. The lowest BCUT2D eigenvalue weighted by Gasteiger charge is -2.13. The molecule has 0 saturated carbocycles. The molecule has 176 valence electrons. The van der Waals surface area contributed by atoms with Crippen molar-refractivity contribution in [2.24, 2.45) is 0 Å². The first-order valence-corrected chi connectivity index (χ1v) is 10.5. The van der Waals surface area contributed by atoms with Gasteiger partial charge in [0, 0.05) is 17.8 Å². The zero-order valence-corrected chi connectivity index (χ0v) is 19.6. The third-order valence-corrected chi connectivity index (χ3v) is 5.00. The third-order valence-electron chi connectivity index (χ3n) is 5.00. The summed E-state index contributed by atoms with van der Waals surface area (Å²) in [7, 11) is 6.27. The average Bonchev–Trinajstić information content (AvgIpc) is 2.85. The van der Waals surface area contributed by atoms with Crippen LogP contribution in [0.3, 0.4) is 0 Å². The number of anilines is 2. The van der Waals surface area contributed by atoms with Gasteiger partial charge < -0.3 is 30.0 Å². The van der Waals surface area contributed by atoms with Crippen LogP contribution in [0.2, 0.25) is 0 Å². The quantitative estimate of drug-likeness (QED) is 0.261. The van der Waals surface area contributed by atoms with Crippen LogP contribution in [-0.4, -0.2) is 34.3 Å². The van der Waals surface area contributed by atoms with E-state index in [1.165, 1.54) is 6.08 Å². The fourth-order valence-corrected chi connectivity index (χ4v) is 3.31. The van der Waals surface area contributed by atoms with E-state index in [-0.39, 0.29) is 5.91 Å². The summed E-state index contributed by atoms with van der Waals surface area (Å²) in [4.78, 5) is 12.6. The highest BCUT2D eigenvalue weighted by Crippen LogP contribution is 2.38. The Hall–Kier alpha value is -4.39. The smallest absolute Gasteiger partial charge is 0.248 e. The maximum atomic E-state index is 12.6. The lowest BCUT2D eigenvalue weighted by molar-refractivity contribution is -0.111. The van der Waals surface area contributed by atoms with E-state index in [1.54, 1.807) is 52.7 Å². The summed E-state index contributed by atoms with van der Waals surface area (Å²) in [5.74, 6) is 1.97. The fraction of sp³-hybridized carbons (Fsp3) is 0.148. The monoisotopic (exact) mass is 460 g/mol. The van der Waals surface area contributed by atoms with Crippen LogP contribution in [0.4, 0.5) is 11.4 Å². The maximum absolute atomic E-state index is 12.6. The Balaban J connectivity index is 1.87. The van der Waals surface area contributed by atoms with Gasteiger partial charge in [-0.3, -0.25) is 4.79 Å². The molecular weight excluding hydrogens is 432 g/mol. The number of amides is 1. The fourth-order valence-electron chi connectivity index (χ4n) is 3.31. The second-order valence-corrected chi connectivity index (χ2v) is 7.24. The van der Waals surface area contributed by atoms with Gasteiger partial charge in [-0.2, -0.15) is 0 Å². The number of benzene rings is 3. The molecule has 1 amide bonds. The number of nitrogens with two attached hydrogens (primary N) is 1. The van der Waals surface area contributed by atoms with Gasteiger partial charge in [0.2, 0.25) is 11.7 Å². The number of nitrogen functional groups attached to an aromatic ring is 1. The molecule has 0 aromatic heterocycles. The molecule has 0 unspecified atom stereocenters. The number of hydrogen-bond acceptors (Lipinski definition) is 6. The number of carbonyl (C=O) groups excluding carboxylic acids is 1. The van der Waals surface area contributed by atoms with Gasteiger partial charge in [-0.1, -0.05) is 24.3 Å². The highest BCUT2D eigenvalue weighted by molar-refractivity contribution is 6.03. The van der Waals surface area contributed by atoms with Crippen molar-refractivity contribution in [1.29, 1.82) is 0 Å². The van der Waals surface area contributed by atoms with E-state index < -0.39 is 0 Å². The number of hydrogen-bond donors (Lipinski definition) is 2. The van der Waals surface area contributed by atoms with Crippen molar-refractivity contribution in [2.75, 3.05) is 39.5 Å². The molecule has 3 aromatic carbocycles. The Bertz CT molecular complexity index is 1190. The molecule has 3 rings (SSSR count). The predicted octanol–water partition coefficient (Wildman–Crippen LogP) is 5.13. The van der Waals surface area contributed by atoms with Crippen LogP contribution < -0.4 is 30.0 Å². The minimum atomic E-state index is -0.280. The molecule has 34 heavy (non-hydrogen) atoms. The van der Waals surface area contributed by atoms with Crippen LogP contribution in [0, 0.1) is 0 Å². The second-order valence-electron chi connectivity index (χ2n) is 7.24. The van der Waals surface area contributed by atoms with E-state index in [9.17, 15) is 4.79 Å². The van der Waals surface area contributed by atoms with E-state index in [0.717, 1.165) is 16.7 Å². The van der Waals surface area contributed by atoms with E-state index in [2.05, 4.69) is 5.32 Å². The second kappa shape index (κ2) is 11.5. The average molecular weight is 461 g/mol. The minimum absolute atomic E-state index is 0.280. The molecule has 0 spiro atoms. The van der Waals surface area contributed by atoms with Gasteiger partial charge in [-0.05, 0) is 59.2 Å². The van der Waals surface area contributed by atoms with Crippen molar-refractivity contribution in [3.05, 3.63) is 77.4 Å². The lowest BCUT2D eigenvalue weighted by atomic mass is 10.1. The van der Waals surface area contributed by atoms with Gasteiger partial charge in [0.05, 0.1) is 34.1 Å². The summed E-state index contributed by atoms with van der Waals surface area (Å²) in [6.45, 7) is 0. The van der Waals surface area contributed by atoms with Gasteiger partial charge >= 0.3 is 0 Å². The molecule has 7 nitrogen and oxygen atoms in total. The summed E-state index contributed by atoms with van der Waals surface area (Å²) in [5, 5.41) is 2.91. The molecule has 0 aliphatic rings. The van der Waals surface area contributed by atoms with E-state index in [0.29, 0.717) is 34.4 Å². The molecular formula is C27H28N2O5. The molecule has 3 N–H and O–H groups in total. The van der Waals surface area contributed by atoms with Crippen molar-refractivity contribution >= 4 is 35.5 Å². The number of carbonyl (C=O) groups is 1. The molecule has 0 heterocycles. The van der Waals surface area contributed by atoms with Gasteiger partial charge in [0.15, 0.2) is 11.5 Å². The molecule has 0 aliphatic carbocycles. The number of rotatable bonds is 9. The van der Waals surface area contributed by atoms with Crippen LogP contribution in [0.25, 0.3) is 18.2 Å². The largest absolute Gasteiger partial charge is 0.497 e. The van der Waals surface area contributed by atoms with Crippen molar-refractivity contribution in [3.8, 4) is 23.0 Å². The molecule has 0 bridgehead atoms. The van der Waals surface area contributed by atoms with Crippen LogP contribution in [-0.2, 0) is 4.79 Å². The molecule has 0 saturated heterocycles. The summed E-state index contributed by atoms with van der Waals surface area (Å²) in [5.41, 5.74) is 9.50. The first kappa shape index (κ1) is 24.3. The highest BCUT2D eigenvalue weighted by Gasteiger charge is 2.12. The van der Waals surface area contributed by atoms with Gasteiger partial charge in [-0.15, -0.1) is 0 Å². The Labute approximate surface area is 199 Å². The normalized spacial score (nSPS) is 10.9. The first-order valence-electron chi connectivity index (χ1n) is 10.5. The maximum Gasteiger partial charge on any atom is 0.248 e. The predicted molar refractivity (Wildman–Crippen MR) is 137 cm³/mol. The molecule has 3 aromatic rings. The Morgan fingerprint density at radius 3 is 2.15 bits per heavy atom. The van der Waals surface area contributed by atoms with Crippen LogP contribution >= 0.6 is 0 Å². The summed E-state index contributed by atoms with van der Waals surface area (Å²) in [6.07, 6.45) is 6.94. The van der Waals surface area contributed by atoms with Crippen molar-refractivity contribution in [3.63, 3.8) is 0 Å². The lowest BCUT2D eigenvalue weighted by Crippen LogP contribution is -2.09. The Morgan fingerprint density at radius 2 is 1.53 bits per heavy atom. The highest BCUT2D eigenvalue weighted by atomic mass is 16.5. The number of methoxy groups -OCH3 is 4. The van der Waals surface area contributed by atoms with Crippen LogP contribution in [0.1, 0.15) is 16.7 Å². The van der Waals surface area contributed by atoms with Crippen molar-refractivity contribution in [2.45, 2.75) is 0 Å². The SMILES string of the molecule is COc1ccc(C=Cc2cc(OC)c(OC)c(OC)c2)c(NC(=O)/C=C/c2cccc(N)c2)c1. The Kier molecular flexibility index (Phi) is 8.18. The number of nitrogens with one attached hydrogen (secondary N) is 1. The molecule has 0 fully saturated rings. The van der Waals surface area contributed by atoms with E-state index in [4.69, 9.17) is 24.7 Å². The van der Waals surface area contributed by atoms with Gasteiger partial charge in [0.1, 0.15) is 5.75 Å². The van der Waals surface area contributed by atoms with Crippen molar-refractivity contribution in [1.82, 2.24) is 0 Å². The minimum Gasteiger partial charge on any atom is -0.497 e. The molecule has 7 heteroatoms. The third kappa shape index (κ3) is 6.10. The van der Waals surface area contributed by atoms with E-state index in [1.807, 2.05) is 48.6 Å². The zero-order valence-electron chi connectivity index (χ0n) is 19.6. The summed E-state index contributed by atoms with van der Waals surface area (Å²) < 4.78 is 21.5. The van der Waals surface area contributed by atoms with Gasteiger partial charge in [0.25, 0.3) is 0 Å². The standard InChI is InChI=1S/C27H28N2O5/c1-31-22-12-11-20(10-8-19-15-24(32-2)27(34-4)25(16-19)33-3)23(17-22)29-26(30)13-9-18-6-5-7-21(28)14-18/h5-17H,28H2,1-4H3,(H,29,30)/b10-8?,13-9+. The van der Waals surface area contributed by atoms with Crippen LogP contribution in [0.5, 0.6) is 23.0 Å². The number of ether oxygens (including phenoxy) is 4. The summed E-state index contributed by atoms with van der Waals surface area (Å²) >= 11 is 0. The zero-order chi connectivity index (χ0) is 24.5. The first-order chi connectivity index (χ1) is 16.5. The van der Waals surface area contributed by atoms with Gasteiger partial charge in [-0.25, -0.2) is 0 Å². The topological polar surface area (TPSA) is 92.0 Å². The molecule has 0 radical (unpaired) electrons. The van der Waals surface area contributed by atoms with Crippen LogP contribution in [0.15, 0.2) is 60.7 Å². The molecule has 0 aliphatic heterocycles. The summed E-state index contributed by atoms with van der Waals surface area (Å²) in [6, 6.07) is 16.4.